The van der Waals surface area contributed by atoms with E-state index in [2.05, 4.69) is 17.1 Å². The van der Waals surface area contributed by atoms with Crippen LogP contribution in [-0.2, 0) is 10.2 Å². The smallest absolute Gasteiger partial charge is 0.282 e. The molecule has 4 heteroatoms. The van der Waals surface area contributed by atoms with Crippen LogP contribution in [-0.4, -0.2) is 18.7 Å². The third kappa shape index (κ3) is 2.15. The molecular formula is C14H19N3O. The molecule has 0 amide bonds. The van der Waals surface area contributed by atoms with Gasteiger partial charge in [-0.15, -0.1) is 0 Å². The summed E-state index contributed by atoms with van der Waals surface area (Å²) in [4.78, 5) is 4.28. The largest absolute Gasteiger partial charge is 0.463 e. The van der Waals surface area contributed by atoms with E-state index in [9.17, 15) is 0 Å². The first-order valence-corrected chi connectivity index (χ1v) is 6.50. The van der Waals surface area contributed by atoms with E-state index in [1.54, 1.807) is 0 Å². The molecule has 0 spiro atoms. The third-order valence-corrected chi connectivity index (χ3v) is 4.07. The average molecular weight is 245 g/mol. The molecule has 0 bridgehead atoms. The summed E-state index contributed by atoms with van der Waals surface area (Å²) in [5.74, 6) is 0. The van der Waals surface area contributed by atoms with Gasteiger partial charge in [-0.2, -0.15) is 0 Å². The summed E-state index contributed by atoms with van der Waals surface area (Å²) in [5, 5.41) is 0. The highest BCUT2D eigenvalue weighted by Crippen LogP contribution is 2.52. The summed E-state index contributed by atoms with van der Waals surface area (Å²) in [6, 6.07) is 8.89. The Labute approximate surface area is 107 Å². The lowest BCUT2D eigenvalue weighted by molar-refractivity contribution is 0.302. The summed E-state index contributed by atoms with van der Waals surface area (Å²) in [6.45, 7) is 0.643. The Morgan fingerprint density at radius 2 is 1.94 bits per heavy atom. The second-order valence-corrected chi connectivity index (χ2v) is 5.37. The molecule has 3 rings (SSSR count). The Hall–Kier alpha value is -1.71. The molecule has 1 atom stereocenters. The number of nitrogens with two attached hydrogens (primary N) is 2. The van der Waals surface area contributed by atoms with Crippen molar-refractivity contribution >= 4 is 11.7 Å². The maximum atomic E-state index is 5.73. The minimum atomic E-state index is 0.247. The number of hydrogen-bond donors (Lipinski definition) is 2. The SMILES string of the molecule is NC1=N[C@@H](CCC2(c3ccc(N)cc3)CC2)CO1. The fraction of sp³-hybridized carbons (Fsp3) is 0.500. The molecule has 4 nitrogen and oxygen atoms in total. The molecule has 0 aromatic heterocycles. The molecule has 1 heterocycles. The van der Waals surface area contributed by atoms with Gasteiger partial charge >= 0.3 is 0 Å². The van der Waals surface area contributed by atoms with Crippen molar-refractivity contribution in [3.8, 4) is 0 Å². The summed E-state index contributed by atoms with van der Waals surface area (Å²) < 4.78 is 5.18. The number of ether oxygens (including phenoxy) is 1. The molecule has 1 aliphatic heterocycles. The lowest BCUT2D eigenvalue weighted by atomic mass is 9.89. The Morgan fingerprint density at radius 3 is 2.50 bits per heavy atom. The second-order valence-electron chi connectivity index (χ2n) is 5.37. The number of nitrogen functional groups attached to an aromatic ring is 1. The molecule has 4 N–H and O–H groups in total. The normalized spacial score (nSPS) is 24.4. The predicted molar refractivity (Wildman–Crippen MR) is 72.4 cm³/mol. The Bertz CT molecular complexity index is 462. The zero-order valence-corrected chi connectivity index (χ0v) is 10.4. The molecule has 1 aromatic carbocycles. The van der Waals surface area contributed by atoms with Crippen molar-refractivity contribution in [1.29, 1.82) is 0 Å². The molecule has 1 aliphatic carbocycles. The number of anilines is 1. The van der Waals surface area contributed by atoms with E-state index in [-0.39, 0.29) is 6.04 Å². The van der Waals surface area contributed by atoms with Gasteiger partial charge in [0.1, 0.15) is 6.61 Å². The van der Waals surface area contributed by atoms with E-state index < -0.39 is 0 Å². The molecule has 18 heavy (non-hydrogen) atoms. The van der Waals surface area contributed by atoms with Crippen LogP contribution in [0.3, 0.4) is 0 Å². The van der Waals surface area contributed by atoms with Crippen molar-refractivity contribution < 1.29 is 4.74 Å². The van der Waals surface area contributed by atoms with Gasteiger partial charge < -0.3 is 16.2 Å². The van der Waals surface area contributed by atoms with Crippen LogP contribution in [0.5, 0.6) is 0 Å². The van der Waals surface area contributed by atoms with E-state index >= 15 is 0 Å². The maximum Gasteiger partial charge on any atom is 0.282 e. The summed E-state index contributed by atoms with van der Waals surface area (Å²) in [7, 11) is 0. The molecule has 0 saturated heterocycles. The van der Waals surface area contributed by atoms with Crippen LogP contribution in [0, 0.1) is 0 Å². The number of nitrogens with zero attached hydrogens (tertiary/aromatic N) is 1. The highest BCUT2D eigenvalue weighted by atomic mass is 16.5. The fourth-order valence-electron chi connectivity index (χ4n) is 2.70. The summed E-state index contributed by atoms with van der Waals surface area (Å²) in [6.07, 6.45) is 4.74. The lowest BCUT2D eigenvalue weighted by Gasteiger charge is -2.17. The molecular weight excluding hydrogens is 226 g/mol. The molecule has 0 radical (unpaired) electrons. The fourth-order valence-corrected chi connectivity index (χ4v) is 2.70. The average Bonchev–Trinajstić information content (AvgIpc) is 3.05. The first-order chi connectivity index (χ1) is 8.68. The molecule has 1 aromatic rings. The Morgan fingerprint density at radius 1 is 1.22 bits per heavy atom. The van der Waals surface area contributed by atoms with Gasteiger partial charge in [-0.25, -0.2) is 4.99 Å². The zero-order chi connectivity index (χ0) is 12.6. The van der Waals surface area contributed by atoms with E-state index in [4.69, 9.17) is 16.2 Å². The Balaban J connectivity index is 1.63. The molecule has 96 valence electrons. The van der Waals surface area contributed by atoms with Crippen LogP contribution in [0.2, 0.25) is 0 Å². The molecule has 0 unspecified atom stereocenters. The monoisotopic (exact) mass is 245 g/mol. The van der Waals surface area contributed by atoms with Crippen LogP contribution in [0.4, 0.5) is 5.69 Å². The number of aliphatic imine (C=N–C) groups is 1. The molecule has 2 aliphatic rings. The first-order valence-electron chi connectivity index (χ1n) is 6.50. The van der Waals surface area contributed by atoms with Gasteiger partial charge in [0, 0.05) is 5.69 Å². The van der Waals surface area contributed by atoms with Crippen LogP contribution in [0.25, 0.3) is 0 Å². The van der Waals surface area contributed by atoms with Gasteiger partial charge in [-0.1, -0.05) is 12.1 Å². The predicted octanol–water partition coefficient (Wildman–Crippen LogP) is 1.79. The van der Waals surface area contributed by atoms with Crippen LogP contribution in [0.1, 0.15) is 31.2 Å². The van der Waals surface area contributed by atoms with Crippen molar-refractivity contribution in [3.63, 3.8) is 0 Å². The van der Waals surface area contributed by atoms with Crippen LogP contribution in [0.15, 0.2) is 29.3 Å². The van der Waals surface area contributed by atoms with Gasteiger partial charge in [0.2, 0.25) is 0 Å². The van der Waals surface area contributed by atoms with Crippen molar-refractivity contribution in [1.82, 2.24) is 0 Å². The quantitative estimate of drug-likeness (QED) is 0.794. The van der Waals surface area contributed by atoms with Crippen molar-refractivity contribution in [2.45, 2.75) is 37.1 Å². The molecule has 1 saturated carbocycles. The minimum Gasteiger partial charge on any atom is -0.463 e. The topological polar surface area (TPSA) is 73.6 Å². The standard InChI is InChI=1S/C14H19N3O/c15-11-3-1-10(2-4-11)14(7-8-14)6-5-12-9-18-13(16)17-12/h1-4,12H,5-9,15H2,(H2,16,17)/t12-/m0/s1. The minimum absolute atomic E-state index is 0.247. The van der Waals surface area contributed by atoms with E-state index in [1.165, 1.54) is 18.4 Å². The van der Waals surface area contributed by atoms with Crippen LogP contribution < -0.4 is 11.5 Å². The highest BCUT2D eigenvalue weighted by molar-refractivity contribution is 5.73. The van der Waals surface area contributed by atoms with Gasteiger partial charge in [-0.05, 0) is 48.8 Å². The van der Waals surface area contributed by atoms with Crippen molar-refractivity contribution in [2.24, 2.45) is 10.7 Å². The Kier molecular flexibility index (Phi) is 2.65. The number of hydrogen-bond acceptors (Lipinski definition) is 4. The van der Waals surface area contributed by atoms with E-state index in [0.717, 1.165) is 18.5 Å². The van der Waals surface area contributed by atoms with Gasteiger partial charge in [-0.3, -0.25) is 0 Å². The number of rotatable bonds is 4. The maximum absolute atomic E-state index is 5.73. The van der Waals surface area contributed by atoms with Crippen molar-refractivity contribution in [2.75, 3.05) is 12.3 Å². The van der Waals surface area contributed by atoms with E-state index in [1.807, 2.05) is 12.1 Å². The molecule has 1 fully saturated rings. The second kappa shape index (κ2) is 4.19. The third-order valence-electron chi connectivity index (χ3n) is 4.07. The summed E-state index contributed by atoms with van der Waals surface area (Å²) >= 11 is 0. The highest BCUT2D eigenvalue weighted by Gasteiger charge is 2.44. The van der Waals surface area contributed by atoms with Gasteiger partial charge in [0.05, 0.1) is 6.04 Å². The van der Waals surface area contributed by atoms with E-state index in [0.29, 0.717) is 18.0 Å². The number of amidine groups is 1. The van der Waals surface area contributed by atoms with Crippen molar-refractivity contribution in [3.05, 3.63) is 29.8 Å². The zero-order valence-electron chi connectivity index (χ0n) is 10.4. The lowest BCUT2D eigenvalue weighted by Crippen LogP contribution is -2.13. The first kappa shape index (κ1) is 11.4. The van der Waals surface area contributed by atoms with Gasteiger partial charge in [0.15, 0.2) is 0 Å². The van der Waals surface area contributed by atoms with Gasteiger partial charge in [0.25, 0.3) is 6.02 Å². The van der Waals surface area contributed by atoms with Crippen LogP contribution >= 0.6 is 0 Å². The number of benzene rings is 1. The summed E-state index contributed by atoms with van der Waals surface area (Å²) in [5.41, 5.74) is 13.9.